The number of hydrogen-bond acceptors (Lipinski definition) is 4. The highest BCUT2D eigenvalue weighted by Gasteiger charge is 2.16. The van der Waals surface area contributed by atoms with E-state index in [1.165, 1.54) is 12.5 Å². The van der Waals surface area contributed by atoms with E-state index < -0.39 is 17.9 Å². The smallest absolute Gasteiger partial charge is 0.305 e. The maximum Gasteiger partial charge on any atom is 0.305 e. The third-order valence-electron chi connectivity index (χ3n) is 1.78. The van der Waals surface area contributed by atoms with Crippen LogP contribution in [0.3, 0.4) is 0 Å². The molecule has 6 heteroatoms. The fourth-order valence-electron chi connectivity index (χ4n) is 0.994. The molecule has 1 aromatic rings. The predicted octanol–water partition coefficient (Wildman–Crippen LogP) is -0.302. The van der Waals surface area contributed by atoms with Crippen LogP contribution in [-0.4, -0.2) is 23.0 Å². The van der Waals surface area contributed by atoms with E-state index in [1.54, 1.807) is 6.07 Å². The number of carbonyl (C=O) groups excluding carboxylic acids is 1. The predicted molar refractivity (Wildman–Crippen MR) is 50.8 cm³/mol. The summed E-state index contributed by atoms with van der Waals surface area (Å²) in [5.41, 5.74) is 6.14. The SMILES string of the molecule is NC(CC(=O)O)C(=O)NCc1ccoc1. The number of carbonyl (C=O) groups is 2. The van der Waals surface area contributed by atoms with Crippen molar-refractivity contribution in [3.05, 3.63) is 24.2 Å². The Balaban J connectivity index is 2.32. The van der Waals surface area contributed by atoms with Gasteiger partial charge in [0, 0.05) is 12.1 Å². The zero-order valence-corrected chi connectivity index (χ0v) is 7.97. The molecule has 0 bridgehead atoms. The topological polar surface area (TPSA) is 106 Å². The quantitative estimate of drug-likeness (QED) is 0.621. The molecule has 1 amide bonds. The number of amides is 1. The molecule has 0 saturated carbocycles. The van der Waals surface area contributed by atoms with Crippen LogP contribution in [0.5, 0.6) is 0 Å². The average molecular weight is 212 g/mol. The van der Waals surface area contributed by atoms with Crippen molar-refractivity contribution < 1.29 is 19.1 Å². The number of nitrogens with two attached hydrogens (primary N) is 1. The molecule has 1 heterocycles. The number of rotatable bonds is 5. The summed E-state index contributed by atoms with van der Waals surface area (Å²) in [5, 5.41) is 10.9. The van der Waals surface area contributed by atoms with E-state index in [4.69, 9.17) is 15.3 Å². The maximum absolute atomic E-state index is 11.2. The summed E-state index contributed by atoms with van der Waals surface area (Å²) >= 11 is 0. The third-order valence-corrected chi connectivity index (χ3v) is 1.78. The summed E-state index contributed by atoms with van der Waals surface area (Å²) in [4.78, 5) is 21.5. The average Bonchev–Trinajstić information content (AvgIpc) is 2.65. The summed E-state index contributed by atoms with van der Waals surface area (Å²) in [6.45, 7) is 0.280. The lowest BCUT2D eigenvalue weighted by atomic mass is 10.2. The lowest BCUT2D eigenvalue weighted by Crippen LogP contribution is -2.41. The van der Waals surface area contributed by atoms with Crippen LogP contribution >= 0.6 is 0 Å². The van der Waals surface area contributed by atoms with Gasteiger partial charge in [0.15, 0.2) is 0 Å². The highest BCUT2D eigenvalue weighted by atomic mass is 16.4. The Morgan fingerprint density at radius 2 is 2.33 bits per heavy atom. The van der Waals surface area contributed by atoms with Gasteiger partial charge in [0.25, 0.3) is 0 Å². The van der Waals surface area contributed by atoms with E-state index in [0.717, 1.165) is 5.56 Å². The van der Waals surface area contributed by atoms with Crippen LogP contribution in [0.4, 0.5) is 0 Å². The molecule has 0 aliphatic rings. The Hall–Kier alpha value is -1.82. The Morgan fingerprint density at radius 1 is 1.60 bits per heavy atom. The van der Waals surface area contributed by atoms with E-state index in [2.05, 4.69) is 5.32 Å². The summed E-state index contributed by atoms with van der Waals surface area (Å²) in [5.74, 6) is -1.58. The van der Waals surface area contributed by atoms with Gasteiger partial charge in [0.05, 0.1) is 25.0 Å². The van der Waals surface area contributed by atoms with Crippen LogP contribution < -0.4 is 11.1 Å². The second kappa shape index (κ2) is 5.16. The van der Waals surface area contributed by atoms with Gasteiger partial charge < -0.3 is 20.6 Å². The van der Waals surface area contributed by atoms with Crippen molar-refractivity contribution in [2.45, 2.75) is 19.0 Å². The second-order valence-electron chi connectivity index (χ2n) is 3.05. The monoisotopic (exact) mass is 212 g/mol. The van der Waals surface area contributed by atoms with Gasteiger partial charge >= 0.3 is 5.97 Å². The molecule has 1 rings (SSSR count). The number of hydrogen-bond donors (Lipinski definition) is 3. The van der Waals surface area contributed by atoms with Gasteiger partial charge in [-0.25, -0.2) is 0 Å². The van der Waals surface area contributed by atoms with Crippen molar-refractivity contribution in [3.8, 4) is 0 Å². The fraction of sp³-hybridized carbons (Fsp3) is 0.333. The first kappa shape index (κ1) is 11.3. The number of carboxylic acids is 1. The first-order valence-corrected chi connectivity index (χ1v) is 4.35. The van der Waals surface area contributed by atoms with Crippen LogP contribution in [-0.2, 0) is 16.1 Å². The number of carboxylic acid groups (broad SMARTS) is 1. The lowest BCUT2D eigenvalue weighted by Gasteiger charge is -2.08. The molecule has 6 nitrogen and oxygen atoms in total. The maximum atomic E-state index is 11.2. The van der Waals surface area contributed by atoms with Crippen molar-refractivity contribution in [2.24, 2.45) is 5.73 Å². The van der Waals surface area contributed by atoms with Crippen LogP contribution in [0.15, 0.2) is 23.0 Å². The van der Waals surface area contributed by atoms with Crippen LogP contribution in [0, 0.1) is 0 Å². The molecular weight excluding hydrogens is 200 g/mol. The van der Waals surface area contributed by atoms with E-state index in [0.29, 0.717) is 0 Å². The molecule has 15 heavy (non-hydrogen) atoms. The molecule has 0 spiro atoms. The van der Waals surface area contributed by atoms with Crippen molar-refractivity contribution in [2.75, 3.05) is 0 Å². The summed E-state index contributed by atoms with van der Waals surface area (Å²) in [6, 6.07) is 0.678. The van der Waals surface area contributed by atoms with Crippen molar-refractivity contribution in [3.63, 3.8) is 0 Å². The van der Waals surface area contributed by atoms with Crippen molar-refractivity contribution >= 4 is 11.9 Å². The van der Waals surface area contributed by atoms with Crippen molar-refractivity contribution in [1.29, 1.82) is 0 Å². The standard InChI is InChI=1S/C9H12N2O4/c10-7(3-8(12)13)9(14)11-4-6-1-2-15-5-6/h1-2,5,7H,3-4,10H2,(H,11,14)(H,12,13). The Bertz CT molecular complexity index is 334. The number of nitrogens with one attached hydrogen (secondary N) is 1. The number of aliphatic carboxylic acids is 1. The molecule has 0 fully saturated rings. The molecule has 0 radical (unpaired) electrons. The normalized spacial score (nSPS) is 12.1. The van der Waals surface area contributed by atoms with Gasteiger partial charge in [-0.3, -0.25) is 9.59 Å². The van der Waals surface area contributed by atoms with Gasteiger partial charge in [-0.1, -0.05) is 0 Å². The molecule has 0 saturated heterocycles. The molecule has 1 unspecified atom stereocenters. The molecule has 0 aliphatic heterocycles. The molecule has 0 aromatic carbocycles. The largest absolute Gasteiger partial charge is 0.481 e. The van der Waals surface area contributed by atoms with E-state index in [9.17, 15) is 9.59 Å². The Labute approximate surface area is 86.1 Å². The first-order valence-electron chi connectivity index (χ1n) is 4.35. The summed E-state index contributed by atoms with van der Waals surface area (Å²) < 4.78 is 4.80. The van der Waals surface area contributed by atoms with Gasteiger partial charge in [-0.15, -0.1) is 0 Å². The Morgan fingerprint density at radius 3 is 2.87 bits per heavy atom. The Kier molecular flexibility index (Phi) is 3.87. The van der Waals surface area contributed by atoms with Crippen molar-refractivity contribution in [1.82, 2.24) is 5.32 Å². The highest BCUT2D eigenvalue weighted by molar-refractivity contribution is 5.85. The molecule has 4 N–H and O–H groups in total. The molecular formula is C9H12N2O4. The van der Waals surface area contributed by atoms with Gasteiger partial charge in [-0.05, 0) is 6.07 Å². The van der Waals surface area contributed by atoms with Gasteiger partial charge in [-0.2, -0.15) is 0 Å². The van der Waals surface area contributed by atoms with E-state index in [-0.39, 0.29) is 13.0 Å². The van der Waals surface area contributed by atoms with Gasteiger partial charge in [0.1, 0.15) is 0 Å². The first-order chi connectivity index (χ1) is 7.09. The van der Waals surface area contributed by atoms with Crippen LogP contribution in [0.2, 0.25) is 0 Å². The van der Waals surface area contributed by atoms with E-state index >= 15 is 0 Å². The summed E-state index contributed by atoms with van der Waals surface area (Å²) in [6.07, 6.45) is 2.60. The minimum absolute atomic E-state index is 0.280. The fourth-order valence-corrected chi connectivity index (χ4v) is 0.994. The summed E-state index contributed by atoms with van der Waals surface area (Å²) in [7, 11) is 0. The molecule has 82 valence electrons. The minimum Gasteiger partial charge on any atom is -0.481 e. The molecule has 0 aliphatic carbocycles. The van der Waals surface area contributed by atoms with Gasteiger partial charge in [0.2, 0.25) is 5.91 Å². The third kappa shape index (κ3) is 3.82. The lowest BCUT2D eigenvalue weighted by molar-refractivity contribution is -0.139. The zero-order chi connectivity index (χ0) is 11.3. The number of furan rings is 1. The van der Waals surface area contributed by atoms with Crippen LogP contribution in [0.1, 0.15) is 12.0 Å². The second-order valence-corrected chi connectivity index (χ2v) is 3.05. The van der Waals surface area contributed by atoms with E-state index in [1.807, 2.05) is 0 Å². The zero-order valence-electron chi connectivity index (χ0n) is 7.97. The minimum atomic E-state index is -1.10. The highest BCUT2D eigenvalue weighted by Crippen LogP contribution is 1.99. The molecule has 1 aromatic heterocycles. The molecule has 1 atom stereocenters. The van der Waals surface area contributed by atoms with Crippen LogP contribution in [0.25, 0.3) is 0 Å².